The van der Waals surface area contributed by atoms with Gasteiger partial charge in [0, 0.05) is 11.5 Å². The molecule has 2 aromatic heterocycles. The Bertz CT molecular complexity index is 1710. The SMILES string of the molecule is Cc1cccc(OCC2=NN3C(=N)/C(=C/c4c(-c5ccccc5)nc5sc(C6CC6)nn45)C(=O)N=C3S2)c1. The third-order valence-electron chi connectivity index (χ3n) is 6.36. The number of amides is 1. The van der Waals surface area contributed by atoms with E-state index in [1.807, 2.05) is 61.5 Å². The highest BCUT2D eigenvalue weighted by atomic mass is 32.2. The van der Waals surface area contributed by atoms with Crippen LogP contribution in [-0.2, 0) is 4.79 Å². The summed E-state index contributed by atoms with van der Waals surface area (Å²) in [5, 5.41) is 21.6. The Hall–Kier alpha value is -4.09. The third kappa shape index (κ3) is 4.13. The Labute approximate surface area is 226 Å². The largest absolute Gasteiger partial charge is 0.487 e. The van der Waals surface area contributed by atoms with E-state index in [0.717, 1.165) is 39.7 Å². The molecule has 38 heavy (non-hydrogen) atoms. The summed E-state index contributed by atoms with van der Waals surface area (Å²) in [6, 6.07) is 17.6. The monoisotopic (exact) mass is 539 g/mol. The Balaban J connectivity index is 1.23. The highest BCUT2D eigenvalue weighted by molar-refractivity contribution is 8.27. The standard InChI is InChI=1S/C27H21N7O2S2/c1-15-6-5-9-18(12-15)36-14-21-31-34-23(28)19(24(35)30-27(34)37-21)13-20-22(16-7-3-2-4-8-16)29-26-33(20)32-25(38-26)17-10-11-17/h2-9,12-13,17,28H,10-11,14H2,1H3/b19-13-,28-23?. The lowest BCUT2D eigenvalue weighted by atomic mass is 10.1. The van der Waals surface area contributed by atoms with Crippen LogP contribution in [0.3, 0.4) is 0 Å². The number of amidine groups is 2. The summed E-state index contributed by atoms with van der Waals surface area (Å²) < 4.78 is 7.66. The van der Waals surface area contributed by atoms with Crippen molar-refractivity contribution < 1.29 is 9.53 Å². The minimum atomic E-state index is -0.489. The number of thioether (sulfide) groups is 1. The predicted molar refractivity (Wildman–Crippen MR) is 150 cm³/mol. The van der Waals surface area contributed by atoms with Gasteiger partial charge in [-0.25, -0.2) is 9.50 Å². The Kier molecular flexibility index (Phi) is 5.48. The number of hydrazone groups is 1. The molecule has 11 heteroatoms. The Morgan fingerprint density at radius 2 is 2.00 bits per heavy atom. The number of rotatable bonds is 6. The molecule has 7 rings (SSSR count). The first-order chi connectivity index (χ1) is 18.5. The number of carbonyl (C=O) groups excluding carboxylic acids is 1. The second-order valence-corrected chi connectivity index (χ2v) is 11.3. The highest BCUT2D eigenvalue weighted by Crippen LogP contribution is 2.43. The first-order valence-corrected chi connectivity index (χ1v) is 13.8. The molecule has 3 aliphatic rings. The average Bonchev–Trinajstić information content (AvgIpc) is 3.42. The number of aliphatic imine (C=N–C) groups is 1. The first kappa shape index (κ1) is 23.1. The van der Waals surface area contributed by atoms with Crippen molar-refractivity contribution >= 4 is 56.1 Å². The molecule has 0 unspecified atom stereocenters. The van der Waals surface area contributed by atoms with E-state index in [9.17, 15) is 4.79 Å². The second-order valence-electron chi connectivity index (χ2n) is 9.24. The molecular formula is C27H21N7O2S2. The van der Waals surface area contributed by atoms with Crippen molar-refractivity contribution in [3.8, 4) is 17.0 Å². The van der Waals surface area contributed by atoms with Gasteiger partial charge < -0.3 is 4.74 Å². The summed E-state index contributed by atoms with van der Waals surface area (Å²) in [4.78, 5) is 23.0. The normalized spacial score (nSPS) is 18.2. The van der Waals surface area contributed by atoms with Gasteiger partial charge >= 0.3 is 0 Å². The molecule has 4 aromatic rings. The fourth-order valence-electron chi connectivity index (χ4n) is 4.29. The van der Waals surface area contributed by atoms with E-state index in [-0.39, 0.29) is 18.0 Å². The van der Waals surface area contributed by atoms with Crippen LogP contribution in [0.4, 0.5) is 0 Å². The zero-order chi connectivity index (χ0) is 25.8. The zero-order valence-electron chi connectivity index (χ0n) is 20.3. The molecular weight excluding hydrogens is 518 g/mol. The van der Waals surface area contributed by atoms with E-state index in [1.165, 1.54) is 16.8 Å². The van der Waals surface area contributed by atoms with E-state index in [1.54, 1.807) is 21.9 Å². The van der Waals surface area contributed by atoms with Crippen LogP contribution in [0, 0.1) is 12.3 Å². The highest BCUT2D eigenvalue weighted by Gasteiger charge is 2.36. The summed E-state index contributed by atoms with van der Waals surface area (Å²) in [6.45, 7) is 2.22. The second kappa shape index (κ2) is 9.03. The van der Waals surface area contributed by atoms with Crippen LogP contribution in [0.5, 0.6) is 5.75 Å². The molecule has 2 aliphatic heterocycles. The molecule has 0 spiro atoms. The lowest BCUT2D eigenvalue weighted by Crippen LogP contribution is -2.35. The molecule has 1 saturated carbocycles. The van der Waals surface area contributed by atoms with Gasteiger partial charge in [-0.15, -0.1) is 0 Å². The number of aromatic nitrogens is 3. The molecule has 1 aliphatic carbocycles. The number of nitrogens with one attached hydrogen (secondary N) is 1. The fraction of sp³-hybridized carbons (Fsp3) is 0.185. The number of aryl methyl sites for hydroxylation is 1. The molecule has 1 N–H and O–H groups in total. The average molecular weight is 540 g/mol. The van der Waals surface area contributed by atoms with Gasteiger partial charge in [0.25, 0.3) is 5.91 Å². The molecule has 1 amide bonds. The maximum absolute atomic E-state index is 13.1. The van der Waals surface area contributed by atoms with Gasteiger partial charge in [0.15, 0.2) is 5.84 Å². The predicted octanol–water partition coefficient (Wildman–Crippen LogP) is 5.34. The summed E-state index contributed by atoms with van der Waals surface area (Å²) in [5.74, 6) is 0.695. The molecule has 2 aromatic carbocycles. The maximum atomic E-state index is 13.1. The van der Waals surface area contributed by atoms with Gasteiger partial charge in [-0.2, -0.15) is 20.2 Å². The summed E-state index contributed by atoms with van der Waals surface area (Å²) in [7, 11) is 0. The Morgan fingerprint density at radius 3 is 2.79 bits per heavy atom. The van der Waals surface area contributed by atoms with E-state index in [2.05, 4.69) is 10.1 Å². The van der Waals surface area contributed by atoms with Gasteiger partial charge in [-0.1, -0.05) is 53.8 Å². The number of hydrogen-bond acceptors (Lipinski definition) is 8. The van der Waals surface area contributed by atoms with Crippen molar-refractivity contribution in [2.75, 3.05) is 6.61 Å². The number of hydrogen-bond donors (Lipinski definition) is 1. The van der Waals surface area contributed by atoms with Crippen LogP contribution < -0.4 is 4.74 Å². The van der Waals surface area contributed by atoms with Crippen LogP contribution in [0.15, 0.2) is 70.3 Å². The number of ether oxygens (including phenoxy) is 1. The topological polar surface area (TPSA) is 108 Å². The van der Waals surface area contributed by atoms with Crippen LogP contribution in [-0.4, -0.2) is 48.2 Å². The number of nitrogens with zero attached hydrogens (tertiary/aromatic N) is 6. The third-order valence-corrected chi connectivity index (χ3v) is 8.31. The number of benzene rings is 2. The lowest BCUT2D eigenvalue weighted by molar-refractivity contribution is -0.114. The molecule has 0 atom stereocenters. The van der Waals surface area contributed by atoms with Gasteiger partial charge in [-0.05, 0) is 55.3 Å². The minimum absolute atomic E-state index is 0.0373. The Morgan fingerprint density at radius 1 is 1.16 bits per heavy atom. The quantitative estimate of drug-likeness (QED) is 0.331. The zero-order valence-corrected chi connectivity index (χ0v) is 21.9. The van der Waals surface area contributed by atoms with E-state index in [0.29, 0.717) is 27.5 Å². The van der Waals surface area contributed by atoms with Crippen LogP contribution in [0.2, 0.25) is 0 Å². The van der Waals surface area contributed by atoms with Gasteiger partial charge in [0.05, 0.1) is 17.0 Å². The smallest absolute Gasteiger partial charge is 0.283 e. The fourth-order valence-corrected chi connectivity index (χ4v) is 6.16. The summed E-state index contributed by atoms with van der Waals surface area (Å²) >= 11 is 2.81. The molecule has 0 saturated heterocycles. The van der Waals surface area contributed by atoms with Crippen LogP contribution >= 0.6 is 23.1 Å². The van der Waals surface area contributed by atoms with Crippen molar-refractivity contribution in [1.82, 2.24) is 19.6 Å². The molecule has 9 nitrogen and oxygen atoms in total. The molecule has 4 heterocycles. The molecule has 188 valence electrons. The van der Waals surface area contributed by atoms with Crippen molar-refractivity contribution in [2.24, 2.45) is 10.1 Å². The van der Waals surface area contributed by atoms with Gasteiger partial charge in [0.2, 0.25) is 10.1 Å². The van der Waals surface area contributed by atoms with Crippen molar-refractivity contribution in [2.45, 2.75) is 25.7 Å². The number of imidazole rings is 1. The number of fused-ring (bicyclic) bond motifs is 2. The van der Waals surface area contributed by atoms with Gasteiger partial charge in [-0.3, -0.25) is 10.2 Å². The van der Waals surface area contributed by atoms with Crippen molar-refractivity contribution in [1.29, 1.82) is 5.41 Å². The van der Waals surface area contributed by atoms with E-state index in [4.69, 9.17) is 20.2 Å². The van der Waals surface area contributed by atoms with Crippen LogP contribution in [0.25, 0.3) is 22.3 Å². The van der Waals surface area contributed by atoms with E-state index < -0.39 is 5.91 Å². The van der Waals surface area contributed by atoms with E-state index >= 15 is 0 Å². The number of carbonyl (C=O) groups is 1. The van der Waals surface area contributed by atoms with Crippen molar-refractivity contribution in [3.63, 3.8) is 0 Å². The minimum Gasteiger partial charge on any atom is -0.487 e. The summed E-state index contributed by atoms with van der Waals surface area (Å²) in [5.41, 5.74) is 3.51. The molecule has 0 bridgehead atoms. The maximum Gasteiger partial charge on any atom is 0.283 e. The lowest BCUT2D eigenvalue weighted by Gasteiger charge is -2.20. The van der Waals surface area contributed by atoms with Crippen molar-refractivity contribution in [3.05, 3.63) is 76.4 Å². The van der Waals surface area contributed by atoms with Crippen LogP contribution in [0.1, 0.15) is 35.0 Å². The first-order valence-electron chi connectivity index (χ1n) is 12.2. The summed E-state index contributed by atoms with van der Waals surface area (Å²) in [6.07, 6.45) is 3.95. The molecule has 1 fully saturated rings. The molecule has 0 radical (unpaired) electrons. The van der Waals surface area contributed by atoms with Gasteiger partial charge in [0.1, 0.15) is 22.4 Å².